The Morgan fingerprint density at radius 2 is 2.11 bits per heavy atom. The van der Waals surface area contributed by atoms with Gasteiger partial charge in [0, 0.05) is 17.8 Å². The average Bonchev–Trinajstić information content (AvgIpc) is 3.13. The van der Waals surface area contributed by atoms with Crippen molar-refractivity contribution >= 4 is 29.0 Å². The topological polar surface area (TPSA) is 157 Å². The van der Waals surface area contributed by atoms with Crippen molar-refractivity contribution in [2.45, 2.75) is 13.5 Å². The van der Waals surface area contributed by atoms with Gasteiger partial charge in [-0.3, -0.25) is 33.9 Å². The van der Waals surface area contributed by atoms with E-state index in [9.17, 15) is 29.3 Å². The largest absolute Gasteiger partial charge is 0.465 e. The van der Waals surface area contributed by atoms with Crippen LogP contribution < -0.4 is 11.1 Å². The Kier molecular flexibility index (Phi) is 4.90. The molecule has 0 saturated heterocycles. The molecule has 11 nitrogen and oxygen atoms in total. The maximum absolute atomic E-state index is 12.3. The molecule has 0 aliphatic carbocycles. The van der Waals surface area contributed by atoms with Crippen molar-refractivity contribution in [3.8, 4) is 11.3 Å². The lowest BCUT2D eigenvalue weighted by Gasteiger charge is -2.11. The smallest absolute Gasteiger partial charge is 0.326 e. The van der Waals surface area contributed by atoms with E-state index < -0.39 is 34.2 Å². The summed E-state index contributed by atoms with van der Waals surface area (Å²) in [5.41, 5.74) is -2.01. The molecule has 0 saturated carbocycles. The predicted octanol–water partition coefficient (Wildman–Crippen LogP) is 0.969. The molecule has 144 valence electrons. The van der Waals surface area contributed by atoms with Gasteiger partial charge in [-0.2, -0.15) is 0 Å². The van der Waals surface area contributed by atoms with E-state index in [2.05, 4.69) is 9.97 Å². The highest BCUT2D eigenvalue weighted by Gasteiger charge is 2.23. The van der Waals surface area contributed by atoms with Crippen LogP contribution in [0.2, 0.25) is 0 Å². The lowest BCUT2D eigenvalue weighted by molar-refractivity contribution is -0.384. The number of H-pyrrole nitrogens is 2. The molecule has 0 aliphatic heterocycles. The number of rotatable bonds is 6. The van der Waals surface area contributed by atoms with Gasteiger partial charge in [-0.25, -0.2) is 0 Å². The number of carbonyl (C=O) groups excluding carboxylic acids is 2. The highest BCUT2D eigenvalue weighted by Crippen LogP contribution is 2.33. The van der Waals surface area contributed by atoms with Gasteiger partial charge in [0.2, 0.25) is 0 Å². The minimum atomic E-state index is -1.03. The van der Waals surface area contributed by atoms with Crippen molar-refractivity contribution in [3.05, 3.63) is 60.8 Å². The third kappa shape index (κ3) is 3.20. The van der Waals surface area contributed by atoms with E-state index in [1.54, 1.807) is 6.92 Å². The summed E-state index contributed by atoms with van der Waals surface area (Å²) in [5.74, 6) is -0.746. The number of hydrogen-bond donors (Lipinski definition) is 2. The number of carbonyl (C=O) groups is 2. The maximum atomic E-state index is 12.3. The zero-order valence-corrected chi connectivity index (χ0v) is 14.6. The average molecular weight is 386 g/mol. The van der Waals surface area contributed by atoms with Crippen molar-refractivity contribution in [1.82, 2.24) is 14.5 Å². The molecule has 2 aromatic heterocycles. The number of nitro groups is 1. The van der Waals surface area contributed by atoms with Crippen LogP contribution in [0.15, 0.2) is 34.0 Å². The number of ether oxygens (including phenoxy) is 1. The van der Waals surface area contributed by atoms with Gasteiger partial charge in [-0.1, -0.05) is 0 Å². The SMILES string of the molecule is CCOC(=O)Cn1c(=O)c(=O)[nH]c2cc([N+](=O)[O-])c(-c3[nH]ccc3C=O)cc21. The lowest BCUT2D eigenvalue weighted by Crippen LogP contribution is -2.38. The Morgan fingerprint density at radius 3 is 2.75 bits per heavy atom. The summed E-state index contributed by atoms with van der Waals surface area (Å²) in [6, 6.07) is 3.78. The number of esters is 1. The van der Waals surface area contributed by atoms with E-state index in [0.29, 0.717) is 6.29 Å². The van der Waals surface area contributed by atoms with Crippen LogP contribution in [0, 0.1) is 10.1 Å². The minimum absolute atomic E-state index is 0.0106. The van der Waals surface area contributed by atoms with Gasteiger partial charge in [0.05, 0.1) is 33.8 Å². The van der Waals surface area contributed by atoms with Gasteiger partial charge in [-0.05, 0) is 19.1 Å². The standard InChI is InChI=1S/C17H14N4O7/c1-2-28-14(23)7-20-13-5-10(15-9(8-22)3-4-18-15)12(21(26)27)6-11(13)19-16(24)17(20)25/h3-6,8,18H,2,7H2,1H3,(H,19,24). The van der Waals surface area contributed by atoms with Gasteiger partial charge < -0.3 is 14.7 Å². The Morgan fingerprint density at radius 1 is 1.36 bits per heavy atom. The van der Waals surface area contributed by atoms with Gasteiger partial charge in [0.1, 0.15) is 6.54 Å². The number of benzene rings is 1. The first kappa shape index (κ1) is 18.8. The number of fused-ring (bicyclic) bond motifs is 1. The normalized spacial score (nSPS) is 10.8. The Hall–Kier alpha value is -4.02. The van der Waals surface area contributed by atoms with E-state index in [4.69, 9.17) is 4.74 Å². The third-order valence-corrected chi connectivity index (χ3v) is 4.06. The zero-order chi connectivity index (χ0) is 20.4. The molecular formula is C17H14N4O7. The Balaban J connectivity index is 2.37. The summed E-state index contributed by atoms with van der Waals surface area (Å²) in [7, 11) is 0. The van der Waals surface area contributed by atoms with Crippen LogP contribution in [0.5, 0.6) is 0 Å². The van der Waals surface area contributed by atoms with E-state index in [1.807, 2.05) is 0 Å². The molecule has 0 unspecified atom stereocenters. The van der Waals surface area contributed by atoms with Crippen molar-refractivity contribution in [1.29, 1.82) is 0 Å². The molecule has 2 heterocycles. The lowest BCUT2D eigenvalue weighted by atomic mass is 10.1. The van der Waals surface area contributed by atoms with E-state index in [1.165, 1.54) is 18.3 Å². The fraction of sp³-hybridized carbons (Fsp3) is 0.176. The van der Waals surface area contributed by atoms with Crippen molar-refractivity contribution < 1.29 is 19.2 Å². The quantitative estimate of drug-likeness (QED) is 0.210. The molecule has 0 aliphatic rings. The second-order valence-corrected chi connectivity index (χ2v) is 5.72. The van der Waals surface area contributed by atoms with Crippen LogP contribution in [-0.2, 0) is 16.1 Å². The number of aromatic amines is 2. The number of aromatic nitrogens is 3. The maximum Gasteiger partial charge on any atom is 0.326 e. The van der Waals surface area contributed by atoms with Gasteiger partial charge >= 0.3 is 17.1 Å². The van der Waals surface area contributed by atoms with Gasteiger partial charge in [-0.15, -0.1) is 0 Å². The third-order valence-electron chi connectivity index (χ3n) is 4.06. The van der Waals surface area contributed by atoms with E-state index >= 15 is 0 Å². The zero-order valence-electron chi connectivity index (χ0n) is 14.6. The van der Waals surface area contributed by atoms with E-state index in [0.717, 1.165) is 10.6 Å². The second-order valence-electron chi connectivity index (χ2n) is 5.72. The first-order valence-electron chi connectivity index (χ1n) is 8.11. The van der Waals surface area contributed by atoms with Crippen LogP contribution in [-0.4, -0.2) is 38.3 Å². The highest BCUT2D eigenvalue weighted by molar-refractivity contribution is 5.93. The fourth-order valence-corrected chi connectivity index (χ4v) is 2.86. The summed E-state index contributed by atoms with van der Waals surface area (Å²) in [4.78, 5) is 63.2. The Bertz CT molecular complexity index is 1220. The highest BCUT2D eigenvalue weighted by atomic mass is 16.6. The minimum Gasteiger partial charge on any atom is -0.465 e. The van der Waals surface area contributed by atoms with Crippen LogP contribution in [0.3, 0.4) is 0 Å². The molecule has 0 bridgehead atoms. The molecule has 28 heavy (non-hydrogen) atoms. The predicted molar refractivity (Wildman–Crippen MR) is 97.3 cm³/mol. The second kappa shape index (κ2) is 7.31. The first-order chi connectivity index (χ1) is 13.4. The molecule has 0 fully saturated rings. The summed E-state index contributed by atoms with van der Waals surface area (Å²) >= 11 is 0. The van der Waals surface area contributed by atoms with E-state index in [-0.39, 0.29) is 34.5 Å². The number of aldehydes is 1. The summed E-state index contributed by atoms with van der Waals surface area (Å²) in [6.07, 6.45) is 1.96. The molecule has 1 aromatic carbocycles. The number of nitro benzene ring substituents is 1. The van der Waals surface area contributed by atoms with Crippen LogP contribution >= 0.6 is 0 Å². The van der Waals surface area contributed by atoms with Crippen molar-refractivity contribution in [2.75, 3.05) is 6.61 Å². The molecule has 0 radical (unpaired) electrons. The molecule has 3 rings (SSSR count). The summed E-state index contributed by atoms with van der Waals surface area (Å²) in [5, 5.41) is 11.5. The monoisotopic (exact) mass is 386 g/mol. The number of nitrogens with zero attached hydrogens (tertiary/aromatic N) is 2. The molecule has 2 N–H and O–H groups in total. The first-order valence-corrected chi connectivity index (χ1v) is 8.11. The van der Waals surface area contributed by atoms with Crippen LogP contribution in [0.4, 0.5) is 5.69 Å². The van der Waals surface area contributed by atoms with Crippen LogP contribution in [0.25, 0.3) is 22.3 Å². The summed E-state index contributed by atoms with van der Waals surface area (Å²) < 4.78 is 5.70. The summed E-state index contributed by atoms with van der Waals surface area (Å²) in [6.45, 7) is 1.12. The Labute approximate surface area is 155 Å². The molecular weight excluding hydrogens is 372 g/mol. The molecule has 11 heteroatoms. The fourth-order valence-electron chi connectivity index (χ4n) is 2.86. The van der Waals surface area contributed by atoms with Crippen molar-refractivity contribution in [2.24, 2.45) is 0 Å². The molecule has 0 atom stereocenters. The molecule has 3 aromatic rings. The molecule has 0 spiro atoms. The van der Waals surface area contributed by atoms with Gasteiger partial charge in [0.15, 0.2) is 6.29 Å². The van der Waals surface area contributed by atoms with Gasteiger partial charge in [0.25, 0.3) is 5.69 Å². The number of hydrogen-bond acceptors (Lipinski definition) is 7. The van der Waals surface area contributed by atoms with Crippen LogP contribution in [0.1, 0.15) is 17.3 Å². The number of nitrogens with one attached hydrogen (secondary N) is 2. The van der Waals surface area contributed by atoms with Crippen molar-refractivity contribution in [3.63, 3.8) is 0 Å². The molecule has 0 amide bonds.